The van der Waals surface area contributed by atoms with E-state index in [4.69, 9.17) is 10.00 Å². The second-order valence-corrected chi connectivity index (χ2v) is 4.53. The number of nitrogens with zero attached hydrogens (tertiary/aromatic N) is 2. The zero-order valence-corrected chi connectivity index (χ0v) is 15.7. The van der Waals surface area contributed by atoms with Gasteiger partial charge in [0.1, 0.15) is 17.3 Å². The third-order valence-electron chi connectivity index (χ3n) is 3.37. The number of methoxy groups -OCH3 is 1. The second-order valence-electron chi connectivity index (χ2n) is 4.53. The number of hydrogen-bond donors (Lipinski definition) is 0. The number of aromatic nitrogens is 1. The molecule has 3 nitrogen and oxygen atoms in total. The zero-order valence-electron chi connectivity index (χ0n) is 15.7. The van der Waals surface area contributed by atoms with Crippen molar-refractivity contribution in [3.63, 3.8) is 0 Å². The van der Waals surface area contributed by atoms with Crippen molar-refractivity contribution in [2.75, 3.05) is 7.11 Å². The summed E-state index contributed by atoms with van der Waals surface area (Å²) >= 11 is 0. The van der Waals surface area contributed by atoms with Gasteiger partial charge in [0.15, 0.2) is 0 Å². The molecule has 0 aliphatic carbocycles. The highest BCUT2D eigenvalue weighted by molar-refractivity contribution is 5.71. The van der Waals surface area contributed by atoms with Crippen molar-refractivity contribution in [3.05, 3.63) is 46.9 Å². The first-order valence-corrected chi connectivity index (χ1v) is 8.25. The summed E-state index contributed by atoms with van der Waals surface area (Å²) in [5.74, 6) is 0.374. The molecule has 24 heavy (non-hydrogen) atoms. The molecule has 0 aliphatic rings. The van der Waals surface area contributed by atoms with Gasteiger partial charge in [0.2, 0.25) is 0 Å². The Labute approximate surface area is 145 Å². The number of rotatable bonds is 3. The van der Waals surface area contributed by atoms with Gasteiger partial charge in [-0.1, -0.05) is 27.7 Å². The molecule has 1 aromatic carbocycles. The van der Waals surface area contributed by atoms with Gasteiger partial charge >= 0.3 is 0 Å². The van der Waals surface area contributed by atoms with Crippen LogP contribution in [0.2, 0.25) is 0 Å². The van der Waals surface area contributed by atoms with E-state index < -0.39 is 0 Å². The predicted molar refractivity (Wildman–Crippen MR) is 97.7 cm³/mol. The zero-order chi connectivity index (χ0) is 18.7. The Morgan fingerprint density at radius 2 is 1.67 bits per heavy atom. The molecule has 1 aromatic heterocycles. The van der Waals surface area contributed by atoms with Crippen LogP contribution in [0.3, 0.4) is 0 Å². The fourth-order valence-electron chi connectivity index (χ4n) is 2.07. The minimum atomic E-state index is -0.238. The Morgan fingerprint density at radius 3 is 2.21 bits per heavy atom. The van der Waals surface area contributed by atoms with Crippen LogP contribution in [0.4, 0.5) is 4.39 Å². The van der Waals surface area contributed by atoms with E-state index in [2.05, 4.69) is 11.1 Å². The lowest BCUT2D eigenvalue weighted by atomic mass is 9.99. The van der Waals surface area contributed by atoms with Crippen LogP contribution in [0.1, 0.15) is 44.5 Å². The van der Waals surface area contributed by atoms with Crippen LogP contribution in [0, 0.1) is 31.0 Å². The van der Waals surface area contributed by atoms with E-state index in [0.29, 0.717) is 22.7 Å². The maximum absolute atomic E-state index is 13.6. The van der Waals surface area contributed by atoms with Crippen molar-refractivity contribution in [1.82, 2.24) is 4.98 Å². The van der Waals surface area contributed by atoms with E-state index >= 15 is 0 Å². The van der Waals surface area contributed by atoms with Crippen molar-refractivity contribution in [1.29, 1.82) is 5.26 Å². The van der Waals surface area contributed by atoms with Crippen molar-refractivity contribution in [2.45, 2.75) is 48.0 Å². The first-order chi connectivity index (χ1) is 11.6. The van der Waals surface area contributed by atoms with E-state index in [0.717, 1.165) is 11.1 Å². The smallest absolute Gasteiger partial charge is 0.145 e. The predicted octanol–water partition coefficient (Wildman–Crippen LogP) is 5.63. The molecule has 0 saturated heterocycles. The molecule has 0 atom stereocenters. The quantitative estimate of drug-likeness (QED) is 0.732. The Bertz CT molecular complexity index is 691. The van der Waals surface area contributed by atoms with E-state index in [1.165, 1.54) is 6.07 Å². The van der Waals surface area contributed by atoms with E-state index in [1.54, 1.807) is 32.2 Å². The minimum Gasteiger partial charge on any atom is -0.494 e. The van der Waals surface area contributed by atoms with Crippen molar-refractivity contribution in [3.8, 4) is 23.1 Å². The number of pyridine rings is 1. The van der Waals surface area contributed by atoms with Crippen LogP contribution in [0.5, 0.6) is 5.75 Å². The average Bonchev–Trinajstić information content (AvgIpc) is 2.63. The fraction of sp³-hybridized carbons (Fsp3) is 0.400. The molecule has 4 heteroatoms. The van der Waals surface area contributed by atoms with Gasteiger partial charge in [-0.25, -0.2) is 9.37 Å². The maximum Gasteiger partial charge on any atom is 0.145 e. The fourth-order valence-corrected chi connectivity index (χ4v) is 2.07. The Balaban J connectivity index is 0.00000123. The molecule has 0 unspecified atom stereocenters. The summed E-state index contributed by atoms with van der Waals surface area (Å²) < 4.78 is 18.9. The first kappa shape index (κ1) is 21.6. The van der Waals surface area contributed by atoms with Crippen LogP contribution < -0.4 is 4.74 Å². The van der Waals surface area contributed by atoms with E-state index in [-0.39, 0.29) is 12.2 Å². The summed E-state index contributed by atoms with van der Waals surface area (Å²) in [5, 5.41) is 8.77. The van der Waals surface area contributed by atoms with Gasteiger partial charge in [-0.15, -0.1) is 0 Å². The lowest BCUT2D eigenvalue weighted by Crippen LogP contribution is -1.99. The summed E-state index contributed by atoms with van der Waals surface area (Å²) in [6, 6.07) is 8.74. The summed E-state index contributed by atoms with van der Waals surface area (Å²) in [5.41, 5.74) is 3.55. The van der Waals surface area contributed by atoms with Gasteiger partial charge in [-0.05, 0) is 49.2 Å². The average molecular weight is 330 g/mol. The normalized spacial score (nSPS) is 8.96. The van der Waals surface area contributed by atoms with Crippen LogP contribution in [0.15, 0.2) is 24.3 Å². The molecule has 0 saturated carbocycles. The molecular weight excluding hydrogens is 303 g/mol. The highest BCUT2D eigenvalue weighted by Gasteiger charge is 2.14. The first-order valence-electron chi connectivity index (χ1n) is 8.25. The Morgan fingerprint density at radius 1 is 1.04 bits per heavy atom. The standard InChI is InChI=1S/C16H15FN2O.2C2H6/c1-10-11(2)14(17)6-5-13(10)16-15(20-3)7-4-12(19-16)8-9-18;2*1-2/h4-7H,8H2,1-3H3;2*1-2H3. The lowest BCUT2D eigenvalue weighted by Gasteiger charge is -2.13. The summed E-state index contributed by atoms with van der Waals surface area (Å²) in [6.07, 6.45) is 0.232. The lowest BCUT2D eigenvalue weighted by molar-refractivity contribution is 0.414. The highest BCUT2D eigenvalue weighted by Crippen LogP contribution is 2.32. The molecule has 0 N–H and O–H groups in total. The Kier molecular flexibility index (Phi) is 10.1. The Hall–Kier alpha value is -2.41. The van der Waals surface area contributed by atoms with Crippen LogP contribution in [0.25, 0.3) is 11.3 Å². The largest absolute Gasteiger partial charge is 0.494 e. The molecular formula is C20H27FN2O. The van der Waals surface area contributed by atoms with Crippen molar-refractivity contribution < 1.29 is 9.13 Å². The molecule has 0 spiro atoms. The van der Waals surface area contributed by atoms with E-state index in [9.17, 15) is 4.39 Å². The molecule has 0 radical (unpaired) electrons. The highest BCUT2D eigenvalue weighted by atomic mass is 19.1. The van der Waals surface area contributed by atoms with Crippen LogP contribution in [-0.2, 0) is 6.42 Å². The third-order valence-corrected chi connectivity index (χ3v) is 3.37. The molecule has 0 fully saturated rings. The molecule has 0 aliphatic heterocycles. The molecule has 2 rings (SSSR count). The molecule has 1 heterocycles. The number of ether oxygens (including phenoxy) is 1. The van der Waals surface area contributed by atoms with Gasteiger partial charge in [0, 0.05) is 5.56 Å². The number of halogens is 1. The van der Waals surface area contributed by atoms with Gasteiger partial charge in [0.05, 0.1) is 25.3 Å². The van der Waals surface area contributed by atoms with E-state index in [1.807, 2.05) is 34.6 Å². The maximum atomic E-state index is 13.6. The van der Waals surface area contributed by atoms with Gasteiger partial charge in [-0.2, -0.15) is 5.26 Å². The number of benzene rings is 1. The minimum absolute atomic E-state index is 0.232. The monoisotopic (exact) mass is 330 g/mol. The molecule has 0 bridgehead atoms. The number of nitriles is 1. The third kappa shape index (κ3) is 5.06. The van der Waals surface area contributed by atoms with Gasteiger partial charge in [-0.3, -0.25) is 0 Å². The SMILES string of the molecule is CC.CC.COc1ccc(CC#N)nc1-c1ccc(F)c(C)c1C. The molecule has 130 valence electrons. The van der Waals surface area contributed by atoms with Crippen LogP contribution in [-0.4, -0.2) is 12.1 Å². The molecule has 2 aromatic rings. The number of hydrogen-bond acceptors (Lipinski definition) is 3. The molecule has 0 amide bonds. The van der Waals surface area contributed by atoms with Crippen LogP contribution >= 0.6 is 0 Å². The summed E-state index contributed by atoms with van der Waals surface area (Å²) in [7, 11) is 1.57. The second kappa shape index (κ2) is 11.2. The van der Waals surface area contributed by atoms with Crippen molar-refractivity contribution >= 4 is 0 Å². The summed E-state index contributed by atoms with van der Waals surface area (Å²) in [4.78, 5) is 4.47. The van der Waals surface area contributed by atoms with Crippen molar-refractivity contribution in [2.24, 2.45) is 0 Å². The summed E-state index contributed by atoms with van der Waals surface area (Å²) in [6.45, 7) is 11.6. The topological polar surface area (TPSA) is 45.9 Å². The van der Waals surface area contributed by atoms with Gasteiger partial charge in [0.25, 0.3) is 0 Å². The van der Waals surface area contributed by atoms with Gasteiger partial charge < -0.3 is 4.74 Å².